The van der Waals surface area contributed by atoms with Crippen LogP contribution in [0, 0.1) is 0 Å². The summed E-state index contributed by atoms with van der Waals surface area (Å²) in [6, 6.07) is 30.3. The zero-order valence-electron chi connectivity index (χ0n) is 19.5. The number of amidine groups is 1. The molecule has 1 aliphatic rings. The predicted octanol–water partition coefficient (Wildman–Crippen LogP) is 5.47. The second-order valence-electron chi connectivity index (χ2n) is 8.14. The first-order chi connectivity index (χ1) is 17.5. The quantitative estimate of drug-likeness (QED) is 0.297. The summed E-state index contributed by atoms with van der Waals surface area (Å²) >= 11 is 0. The van der Waals surface area contributed by atoms with Crippen molar-refractivity contribution in [2.75, 3.05) is 12.0 Å². The first-order valence-electron chi connectivity index (χ1n) is 11.3. The minimum absolute atomic E-state index is 0.0117. The van der Waals surface area contributed by atoms with Crippen molar-refractivity contribution in [3.63, 3.8) is 0 Å². The lowest BCUT2D eigenvalue weighted by atomic mass is 10.0. The Morgan fingerprint density at radius 2 is 1.50 bits per heavy atom. The average molecular weight is 475 g/mol. The van der Waals surface area contributed by atoms with Gasteiger partial charge >= 0.3 is 0 Å². The fourth-order valence-corrected chi connectivity index (χ4v) is 4.00. The van der Waals surface area contributed by atoms with Crippen molar-refractivity contribution in [1.82, 2.24) is 0 Å². The normalized spacial score (nSPS) is 14.1. The third kappa shape index (κ3) is 4.40. The van der Waals surface area contributed by atoms with E-state index in [-0.39, 0.29) is 23.1 Å². The number of benzene rings is 4. The molecule has 0 saturated heterocycles. The van der Waals surface area contributed by atoms with Crippen molar-refractivity contribution < 1.29 is 19.4 Å². The van der Waals surface area contributed by atoms with Crippen LogP contribution in [0.25, 0.3) is 6.08 Å². The smallest absolute Gasteiger partial charge is 0.282 e. The van der Waals surface area contributed by atoms with E-state index in [9.17, 15) is 14.7 Å². The molecule has 0 atom stereocenters. The minimum atomic E-state index is -0.303. The third-order valence-corrected chi connectivity index (χ3v) is 5.82. The van der Waals surface area contributed by atoms with Gasteiger partial charge in [0.1, 0.15) is 11.5 Å². The van der Waals surface area contributed by atoms with Crippen LogP contribution in [0.4, 0.5) is 5.69 Å². The van der Waals surface area contributed by atoms with E-state index >= 15 is 0 Å². The molecule has 1 aliphatic heterocycles. The van der Waals surface area contributed by atoms with Crippen LogP contribution in [-0.2, 0) is 4.79 Å². The van der Waals surface area contributed by atoms with Crippen molar-refractivity contribution in [3.05, 3.63) is 131 Å². The number of phenols is 1. The Kier molecular flexibility index (Phi) is 6.16. The molecule has 4 aromatic rings. The molecule has 5 rings (SSSR count). The number of aliphatic imine (C=N–C) groups is 1. The molecule has 0 spiro atoms. The fourth-order valence-electron chi connectivity index (χ4n) is 4.00. The second kappa shape index (κ2) is 9.72. The average Bonchev–Trinajstić information content (AvgIpc) is 3.26. The van der Waals surface area contributed by atoms with E-state index in [1.165, 1.54) is 18.1 Å². The van der Waals surface area contributed by atoms with Crippen LogP contribution in [0.1, 0.15) is 27.0 Å². The van der Waals surface area contributed by atoms with E-state index in [0.717, 1.165) is 5.56 Å². The molecule has 0 unspecified atom stereocenters. The lowest BCUT2D eigenvalue weighted by molar-refractivity contribution is -0.113. The first kappa shape index (κ1) is 22.8. The fraction of sp³-hybridized carbons (Fsp3) is 0.0333. The van der Waals surface area contributed by atoms with Gasteiger partial charge in [0.2, 0.25) is 0 Å². The zero-order chi connectivity index (χ0) is 25.1. The highest BCUT2D eigenvalue weighted by Gasteiger charge is 2.32. The summed E-state index contributed by atoms with van der Waals surface area (Å²) in [6.07, 6.45) is 1.65. The van der Waals surface area contributed by atoms with E-state index in [1.54, 1.807) is 54.6 Å². The van der Waals surface area contributed by atoms with E-state index < -0.39 is 0 Å². The number of ketones is 1. The Bertz CT molecular complexity index is 1490. The predicted molar refractivity (Wildman–Crippen MR) is 139 cm³/mol. The van der Waals surface area contributed by atoms with Crippen molar-refractivity contribution in [3.8, 4) is 11.5 Å². The largest absolute Gasteiger partial charge is 0.504 e. The van der Waals surface area contributed by atoms with E-state index in [4.69, 9.17) is 4.74 Å². The number of nitrogens with zero attached hydrogens (tertiary/aromatic N) is 2. The van der Waals surface area contributed by atoms with Crippen LogP contribution in [0.2, 0.25) is 0 Å². The van der Waals surface area contributed by atoms with Crippen LogP contribution in [0.15, 0.2) is 114 Å². The maximum absolute atomic E-state index is 13.6. The molecule has 4 aromatic carbocycles. The number of aromatic hydroxyl groups is 1. The number of ether oxygens (including phenoxy) is 1. The highest BCUT2D eigenvalue weighted by Crippen LogP contribution is 2.31. The van der Waals surface area contributed by atoms with Gasteiger partial charge < -0.3 is 9.84 Å². The topological polar surface area (TPSA) is 79.2 Å². The molecule has 36 heavy (non-hydrogen) atoms. The number of carbonyl (C=O) groups excluding carboxylic acids is 2. The van der Waals surface area contributed by atoms with Crippen LogP contribution in [0.5, 0.6) is 11.5 Å². The second-order valence-corrected chi connectivity index (χ2v) is 8.14. The maximum Gasteiger partial charge on any atom is 0.282 e. The number of methoxy groups -OCH3 is 1. The van der Waals surface area contributed by atoms with Gasteiger partial charge in [0.15, 0.2) is 17.3 Å². The highest BCUT2D eigenvalue weighted by molar-refractivity contribution is 6.33. The van der Waals surface area contributed by atoms with Gasteiger partial charge in [0.25, 0.3) is 5.91 Å². The SMILES string of the molecule is COc1cc(/C=C2\N=C(c3ccccc3)N(c3ccc(C(=O)c4ccccc4)cc3)C2=O)ccc1O. The van der Waals surface area contributed by atoms with Gasteiger partial charge in [0, 0.05) is 16.7 Å². The Balaban J connectivity index is 1.52. The number of phenolic OH excluding ortho intramolecular Hbond substituents is 1. The van der Waals surface area contributed by atoms with Crippen LogP contribution < -0.4 is 9.64 Å². The number of amides is 1. The Morgan fingerprint density at radius 3 is 2.17 bits per heavy atom. The van der Waals surface area contributed by atoms with Gasteiger partial charge in [-0.3, -0.25) is 14.5 Å². The van der Waals surface area contributed by atoms with Crippen molar-refractivity contribution in [2.24, 2.45) is 4.99 Å². The molecule has 0 fully saturated rings. The number of anilines is 1. The molecule has 6 nitrogen and oxygen atoms in total. The van der Waals surface area contributed by atoms with Gasteiger partial charge in [-0.1, -0.05) is 66.7 Å². The lowest BCUT2D eigenvalue weighted by Gasteiger charge is -2.19. The molecular weight excluding hydrogens is 452 g/mol. The van der Waals surface area contributed by atoms with Crippen molar-refractivity contribution >= 4 is 29.3 Å². The van der Waals surface area contributed by atoms with Gasteiger partial charge in [-0.05, 0) is 48.0 Å². The molecule has 1 heterocycles. The molecule has 0 radical (unpaired) electrons. The molecule has 0 aliphatic carbocycles. The monoisotopic (exact) mass is 474 g/mol. The summed E-state index contributed by atoms with van der Waals surface area (Å²) in [6.45, 7) is 0. The summed E-state index contributed by atoms with van der Waals surface area (Å²) in [5.41, 5.74) is 3.41. The summed E-state index contributed by atoms with van der Waals surface area (Å²) in [4.78, 5) is 32.6. The van der Waals surface area contributed by atoms with E-state index in [2.05, 4.69) is 4.99 Å². The molecule has 176 valence electrons. The standard InChI is InChI=1S/C30H22N2O4/c1-36-27-19-20(12-17-26(27)33)18-25-30(35)32(29(31-25)23-10-6-3-7-11-23)24-15-13-22(14-16-24)28(34)21-8-4-2-5-9-21/h2-19,33H,1H3/b25-18-. The molecule has 6 heteroatoms. The van der Waals surface area contributed by atoms with Crippen LogP contribution in [-0.4, -0.2) is 29.7 Å². The summed E-state index contributed by atoms with van der Waals surface area (Å²) < 4.78 is 5.18. The molecule has 0 aromatic heterocycles. The van der Waals surface area contributed by atoms with Crippen molar-refractivity contribution in [1.29, 1.82) is 0 Å². The van der Waals surface area contributed by atoms with Gasteiger partial charge in [-0.15, -0.1) is 0 Å². The van der Waals surface area contributed by atoms with Crippen LogP contribution >= 0.6 is 0 Å². The summed E-state index contributed by atoms with van der Waals surface area (Å²) in [7, 11) is 1.46. The maximum atomic E-state index is 13.6. The molecular formula is C30H22N2O4. The Labute approximate surface area is 208 Å². The van der Waals surface area contributed by atoms with Crippen LogP contribution in [0.3, 0.4) is 0 Å². The number of rotatable bonds is 6. The molecule has 1 N–H and O–H groups in total. The Hall–Kier alpha value is -4.97. The van der Waals surface area contributed by atoms with E-state index in [0.29, 0.717) is 34.0 Å². The summed E-state index contributed by atoms with van der Waals surface area (Å²) in [5.74, 6) is 0.409. The first-order valence-corrected chi connectivity index (χ1v) is 11.3. The minimum Gasteiger partial charge on any atom is -0.504 e. The third-order valence-electron chi connectivity index (χ3n) is 5.82. The summed E-state index contributed by atoms with van der Waals surface area (Å²) in [5, 5.41) is 9.89. The number of carbonyl (C=O) groups is 2. The zero-order valence-corrected chi connectivity index (χ0v) is 19.5. The lowest BCUT2D eigenvalue weighted by Crippen LogP contribution is -2.32. The Morgan fingerprint density at radius 1 is 0.861 bits per heavy atom. The van der Waals surface area contributed by atoms with Gasteiger partial charge in [-0.25, -0.2) is 4.99 Å². The van der Waals surface area contributed by atoms with Gasteiger partial charge in [-0.2, -0.15) is 0 Å². The number of hydrogen-bond acceptors (Lipinski definition) is 5. The number of hydrogen-bond donors (Lipinski definition) is 1. The highest BCUT2D eigenvalue weighted by atomic mass is 16.5. The molecule has 1 amide bonds. The van der Waals surface area contributed by atoms with Gasteiger partial charge in [0.05, 0.1) is 12.8 Å². The van der Waals surface area contributed by atoms with Crippen molar-refractivity contribution in [2.45, 2.75) is 0 Å². The molecule has 0 bridgehead atoms. The molecule has 0 saturated carbocycles. The van der Waals surface area contributed by atoms with E-state index in [1.807, 2.05) is 48.5 Å².